The van der Waals surface area contributed by atoms with Gasteiger partial charge in [-0.05, 0) is 36.6 Å². The van der Waals surface area contributed by atoms with Crippen LogP contribution in [-0.2, 0) is 0 Å². The fraction of sp³-hybridized carbons (Fsp3) is 0.118. The van der Waals surface area contributed by atoms with Gasteiger partial charge in [-0.2, -0.15) is 5.10 Å². The highest BCUT2D eigenvalue weighted by molar-refractivity contribution is 5.98. The minimum absolute atomic E-state index is 0.870. The molecule has 4 rings (SSSR count). The van der Waals surface area contributed by atoms with E-state index in [0.29, 0.717) is 0 Å². The van der Waals surface area contributed by atoms with Crippen LogP contribution in [0.3, 0.4) is 0 Å². The summed E-state index contributed by atoms with van der Waals surface area (Å²) >= 11 is 0. The summed E-state index contributed by atoms with van der Waals surface area (Å²) in [4.78, 5) is 9.02. The van der Waals surface area contributed by atoms with Crippen molar-refractivity contribution in [2.75, 3.05) is 0 Å². The molecule has 102 valence electrons. The van der Waals surface area contributed by atoms with Crippen molar-refractivity contribution >= 4 is 16.6 Å². The number of fused-ring (bicyclic) bond motifs is 2. The largest absolute Gasteiger partial charge is 0.256 e. The number of aromatic nitrogens is 4. The fourth-order valence-electron chi connectivity index (χ4n) is 2.72. The van der Waals surface area contributed by atoms with E-state index in [-0.39, 0.29) is 0 Å². The van der Waals surface area contributed by atoms with Crippen LogP contribution in [0.15, 0.2) is 49.1 Å². The lowest BCUT2D eigenvalue weighted by Crippen LogP contribution is -1.92. The Labute approximate surface area is 122 Å². The van der Waals surface area contributed by atoms with Gasteiger partial charge in [0.2, 0.25) is 0 Å². The topological polar surface area (TPSA) is 43.1 Å². The van der Waals surface area contributed by atoms with Crippen molar-refractivity contribution in [2.24, 2.45) is 0 Å². The second-order valence-electron chi connectivity index (χ2n) is 5.29. The molecule has 0 saturated carbocycles. The highest BCUT2D eigenvalue weighted by Crippen LogP contribution is 2.30. The summed E-state index contributed by atoms with van der Waals surface area (Å²) in [5.41, 5.74) is 6.32. The number of nitrogens with zero attached hydrogens (tertiary/aromatic N) is 4. The monoisotopic (exact) mass is 274 g/mol. The summed E-state index contributed by atoms with van der Waals surface area (Å²) in [5, 5.41) is 5.55. The van der Waals surface area contributed by atoms with Crippen molar-refractivity contribution in [3.63, 3.8) is 0 Å². The molecule has 0 aliphatic rings. The van der Waals surface area contributed by atoms with Crippen molar-refractivity contribution in [2.45, 2.75) is 13.8 Å². The normalized spacial score (nSPS) is 11.3. The van der Waals surface area contributed by atoms with E-state index in [4.69, 9.17) is 0 Å². The van der Waals surface area contributed by atoms with Crippen molar-refractivity contribution in [1.29, 1.82) is 0 Å². The summed E-state index contributed by atoms with van der Waals surface area (Å²) in [6.45, 7) is 4.09. The van der Waals surface area contributed by atoms with Gasteiger partial charge in [0.1, 0.15) is 0 Å². The zero-order valence-corrected chi connectivity index (χ0v) is 11.9. The third kappa shape index (κ3) is 1.80. The minimum atomic E-state index is 0.870. The van der Waals surface area contributed by atoms with E-state index in [1.165, 1.54) is 5.56 Å². The maximum absolute atomic E-state index is 4.53. The lowest BCUT2D eigenvalue weighted by molar-refractivity contribution is 0.928. The summed E-state index contributed by atoms with van der Waals surface area (Å²) in [5.74, 6) is 0. The number of pyridine rings is 1. The Morgan fingerprint density at radius 1 is 0.952 bits per heavy atom. The first-order chi connectivity index (χ1) is 10.2. The number of benzene rings is 1. The number of hydrogen-bond acceptors (Lipinski definition) is 3. The van der Waals surface area contributed by atoms with E-state index in [2.05, 4.69) is 40.2 Å². The van der Waals surface area contributed by atoms with Gasteiger partial charge < -0.3 is 0 Å². The molecule has 0 atom stereocenters. The second-order valence-corrected chi connectivity index (χ2v) is 5.29. The molecule has 0 bridgehead atoms. The quantitative estimate of drug-likeness (QED) is 0.533. The number of para-hydroxylation sites is 1. The van der Waals surface area contributed by atoms with E-state index >= 15 is 0 Å². The van der Waals surface area contributed by atoms with Crippen LogP contribution in [0.4, 0.5) is 0 Å². The predicted molar refractivity (Wildman–Crippen MR) is 83.2 cm³/mol. The number of aryl methyl sites for hydroxylation is 2. The molecule has 0 radical (unpaired) electrons. The van der Waals surface area contributed by atoms with Crippen LogP contribution in [0, 0.1) is 13.8 Å². The molecule has 4 aromatic rings. The summed E-state index contributed by atoms with van der Waals surface area (Å²) in [7, 11) is 0. The van der Waals surface area contributed by atoms with Gasteiger partial charge >= 0.3 is 0 Å². The molecule has 4 nitrogen and oxygen atoms in total. The zero-order valence-electron chi connectivity index (χ0n) is 11.9. The number of hydrogen-bond donors (Lipinski definition) is 0. The maximum Gasteiger partial charge on any atom is 0.162 e. The van der Waals surface area contributed by atoms with Gasteiger partial charge in [-0.25, -0.2) is 9.50 Å². The molecule has 0 fully saturated rings. The van der Waals surface area contributed by atoms with Crippen molar-refractivity contribution < 1.29 is 0 Å². The highest BCUT2D eigenvalue weighted by atomic mass is 15.2. The van der Waals surface area contributed by atoms with Gasteiger partial charge in [0, 0.05) is 29.5 Å². The van der Waals surface area contributed by atoms with Gasteiger partial charge in [0.05, 0.1) is 11.7 Å². The molecule has 21 heavy (non-hydrogen) atoms. The van der Waals surface area contributed by atoms with Crippen LogP contribution in [0.2, 0.25) is 0 Å². The van der Waals surface area contributed by atoms with Gasteiger partial charge in [-0.3, -0.25) is 4.98 Å². The van der Waals surface area contributed by atoms with Crippen LogP contribution in [0.25, 0.3) is 27.7 Å². The van der Waals surface area contributed by atoms with Crippen LogP contribution in [0.5, 0.6) is 0 Å². The Kier molecular flexibility index (Phi) is 2.51. The maximum atomic E-state index is 4.53. The molecule has 0 unspecified atom stereocenters. The summed E-state index contributed by atoms with van der Waals surface area (Å²) in [6, 6.07) is 8.27. The van der Waals surface area contributed by atoms with Gasteiger partial charge in [-0.15, -0.1) is 0 Å². The van der Waals surface area contributed by atoms with Crippen LogP contribution >= 0.6 is 0 Å². The Bertz CT molecular complexity index is 969. The molecule has 3 heterocycles. The zero-order chi connectivity index (χ0) is 14.4. The van der Waals surface area contributed by atoms with E-state index in [0.717, 1.165) is 33.2 Å². The van der Waals surface area contributed by atoms with Crippen molar-refractivity contribution in [3.05, 3.63) is 60.2 Å². The highest BCUT2D eigenvalue weighted by Gasteiger charge is 2.12. The first-order valence-corrected chi connectivity index (χ1v) is 6.89. The first kappa shape index (κ1) is 12.0. The van der Waals surface area contributed by atoms with Crippen LogP contribution in [-0.4, -0.2) is 19.6 Å². The molecule has 0 aliphatic carbocycles. The molecule has 1 aromatic carbocycles. The molecule has 4 heteroatoms. The van der Waals surface area contributed by atoms with Crippen molar-refractivity contribution in [3.8, 4) is 11.1 Å². The molecule has 0 N–H and O–H groups in total. The van der Waals surface area contributed by atoms with Gasteiger partial charge in [0.25, 0.3) is 0 Å². The molecular weight excluding hydrogens is 260 g/mol. The fourth-order valence-corrected chi connectivity index (χ4v) is 2.72. The van der Waals surface area contributed by atoms with E-state index in [1.54, 1.807) is 0 Å². The molecular formula is C17H14N4. The Balaban J connectivity index is 2.07. The van der Waals surface area contributed by atoms with E-state index < -0.39 is 0 Å². The average Bonchev–Trinajstić information content (AvgIpc) is 2.90. The van der Waals surface area contributed by atoms with Gasteiger partial charge in [-0.1, -0.05) is 18.2 Å². The van der Waals surface area contributed by atoms with Crippen LogP contribution < -0.4 is 0 Å². The summed E-state index contributed by atoms with van der Waals surface area (Å²) in [6.07, 6.45) is 7.58. The standard InChI is InChI=1S/C17H14N4/c1-11-8-19-17-15(9-20-21(17)10-11)13-6-7-18-16-12(2)4-3-5-14(13)16/h3-10H,1-2H3. The number of rotatable bonds is 1. The van der Waals surface area contributed by atoms with Crippen LogP contribution in [0.1, 0.15) is 11.1 Å². The Morgan fingerprint density at radius 3 is 2.76 bits per heavy atom. The van der Waals surface area contributed by atoms with Crippen molar-refractivity contribution in [1.82, 2.24) is 19.6 Å². The molecule has 0 amide bonds. The van der Waals surface area contributed by atoms with Gasteiger partial charge in [0.15, 0.2) is 5.65 Å². The Hall–Kier alpha value is -2.75. The second kappa shape index (κ2) is 4.38. The lowest BCUT2D eigenvalue weighted by Gasteiger charge is -2.06. The molecule has 3 aromatic heterocycles. The van der Waals surface area contributed by atoms with E-state index in [9.17, 15) is 0 Å². The SMILES string of the molecule is Cc1cnc2c(-c3ccnc4c(C)cccc34)cnn2c1. The predicted octanol–water partition coefficient (Wildman–Crippen LogP) is 3.56. The average molecular weight is 274 g/mol. The molecule has 0 saturated heterocycles. The first-order valence-electron chi connectivity index (χ1n) is 6.89. The Morgan fingerprint density at radius 2 is 1.86 bits per heavy atom. The molecule has 0 aliphatic heterocycles. The summed E-state index contributed by atoms with van der Waals surface area (Å²) < 4.78 is 1.83. The third-order valence-electron chi connectivity index (χ3n) is 3.75. The molecule has 0 spiro atoms. The van der Waals surface area contributed by atoms with E-state index in [1.807, 2.05) is 42.3 Å². The minimum Gasteiger partial charge on any atom is -0.256 e. The lowest BCUT2D eigenvalue weighted by atomic mass is 10.0. The smallest absolute Gasteiger partial charge is 0.162 e. The third-order valence-corrected chi connectivity index (χ3v) is 3.75.